The summed E-state index contributed by atoms with van der Waals surface area (Å²) in [7, 11) is -3.66. The lowest BCUT2D eigenvalue weighted by atomic mass is 9.97. The molecular weight excluding hydrogens is 304 g/mol. The molecule has 0 aromatic rings. The maximum atomic E-state index is 12.3. The predicted molar refractivity (Wildman–Crippen MR) is 83.3 cm³/mol. The van der Waals surface area contributed by atoms with Crippen LogP contribution in [-0.4, -0.2) is 43.7 Å². The summed E-state index contributed by atoms with van der Waals surface area (Å²) >= 11 is 0. The van der Waals surface area contributed by atoms with Crippen molar-refractivity contribution in [2.75, 3.05) is 19.7 Å². The van der Waals surface area contributed by atoms with Crippen LogP contribution in [-0.2, 0) is 19.4 Å². The van der Waals surface area contributed by atoms with E-state index in [0.29, 0.717) is 32.5 Å². The largest absolute Gasteiger partial charge is 0.466 e. The number of rotatable bonds is 4. The van der Waals surface area contributed by atoms with Crippen molar-refractivity contribution < 1.29 is 17.9 Å². The van der Waals surface area contributed by atoms with E-state index in [-0.39, 0.29) is 16.8 Å². The first kappa shape index (κ1) is 18.5. The molecule has 1 saturated heterocycles. The normalized spacial score (nSPS) is 18.0. The summed E-state index contributed by atoms with van der Waals surface area (Å²) in [6, 6.07) is 1.79. The minimum Gasteiger partial charge on any atom is -0.466 e. The van der Waals surface area contributed by atoms with E-state index < -0.39 is 14.6 Å². The molecule has 6 nitrogen and oxygen atoms in total. The third kappa shape index (κ3) is 4.23. The van der Waals surface area contributed by atoms with Gasteiger partial charge in [0.25, 0.3) is 0 Å². The molecule has 1 fully saturated rings. The van der Waals surface area contributed by atoms with E-state index in [4.69, 9.17) is 10.00 Å². The van der Waals surface area contributed by atoms with Crippen molar-refractivity contribution in [1.29, 1.82) is 5.26 Å². The van der Waals surface area contributed by atoms with Gasteiger partial charge in [-0.25, -0.2) is 8.42 Å². The molecule has 0 spiro atoms. The van der Waals surface area contributed by atoms with Crippen LogP contribution in [0.15, 0.2) is 11.1 Å². The molecule has 1 heterocycles. The Bertz CT molecular complexity index is 574. The first-order chi connectivity index (χ1) is 10.1. The second-order valence-corrected chi connectivity index (χ2v) is 8.95. The Balaban J connectivity index is 2.80. The van der Waals surface area contributed by atoms with Crippen LogP contribution in [0, 0.1) is 17.2 Å². The second-order valence-electron chi connectivity index (χ2n) is 6.28. The highest BCUT2D eigenvalue weighted by atomic mass is 32.2. The molecule has 0 saturated carbocycles. The number of carbonyl (C=O) groups is 1. The van der Waals surface area contributed by atoms with Gasteiger partial charge in [-0.2, -0.15) is 5.26 Å². The molecule has 1 aliphatic rings. The molecule has 0 radical (unpaired) electrons. The number of carbonyl (C=O) groups excluding carboxylic acids is 1. The lowest BCUT2D eigenvalue weighted by Gasteiger charge is -2.30. The number of piperidine rings is 1. The number of nitriles is 1. The van der Waals surface area contributed by atoms with Crippen LogP contribution >= 0.6 is 0 Å². The van der Waals surface area contributed by atoms with Crippen molar-refractivity contribution in [3.05, 3.63) is 11.1 Å². The van der Waals surface area contributed by atoms with Crippen molar-refractivity contribution in [3.8, 4) is 6.07 Å². The number of nitrogens with zero attached hydrogens (tertiary/aromatic N) is 2. The molecule has 1 rings (SSSR count). The lowest BCUT2D eigenvalue weighted by Crippen LogP contribution is -2.35. The fourth-order valence-electron chi connectivity index (χ4n) is 2.18. The Hall–Kier alpha value is -1.55. The van der Waals surface area contributed by atoms with Crippen LogP contribution in [0.4, 0.5) is 0 Å². The van der Waals surface area contributed by atoms with Gasteiger partial charge in [0.1, 0.15) is 6.07 Å². The SMILES string of the molecule is CCOC(=O)C1CCN(C=C(C#N)S(=O)(=O)C(C)(C)C)CC1. The van der Waals surface area contributed by atoms with E-state index in [1.54, 1.807) is 38.7 Å². The maximum Gasteiger partial charge on any atom is 0.309 e. The summed E-state index contributed by atoms with van der Waals surface area (Å²) in [4.78, 5) is 13.2. The van der Waals surface area contributed by atoms with Gasteiger partial charge in [0, 0.05) is 19.3 Å². The van der Waals surface area contributed by atoms with E-state index >= 15 is 0 Å². The van der Waals surface area contributed by atoms with Gasteiger partial charge >= 0.3 is 5.97 Å². The van der Waals surface area contributed by atoms with E-state index in [1.807, 2.05) is 0 Å². The molecule has 7 heteroatoms. The molecule has 0 unspecified atom stereocenters. The number of likely N-dealkylation sites (tertiary alicyclic amines) is 1. The third-order valence-electron chi connectivity index (χ3n) is 3.66. The molecule has 0 amide bonds. The van der Waals surface area contributed by atoms with Crippen molar-refractivity contribution in [2.45, 2.75) is 45.3 Å². The topological polar surface area (TPSA) is 87.5 Å². The lowest BCUT2D eigenvalue weighted by molar-refractivity contribution is -0.149. The monoisotopic (exact) mass is 328 g/mol. The van der Waals surface area contributed by atoms with Gasteiger partial charge in [-0.05, 0) is 40.5 Å². The molecule has 0 bridgehead atoms. The van der Waals surface area contributed by atoms with Crippen LogP contribution in [0.5, 0.6) is 0 Å². The van der Waals surface area contributed by atoms with Crippen molar-refractivity contribution in [1.82, 2.24) is 4.90 Å². The number of ether oxygens (including phenoxy) is 1. The Kier molecular flexibility index (Phi) is 6.00. The molecule has 124 valence electrons. The summed E-state index contributed by atoms with van der Waals surface area (Å²) in [5.74, 6) is -0.344. The molecule has 0 aromatic heterocycles. The Morgan fingerprint density at radius 3 is 2.32 bits per heavy atom. The minimum absolute atomic E-state index is 0.144. The molecule has 1 aliphatic heterocycles. The number of sulfone groups is 1. The highest BCUT2D eigenvalue weighted by Gasteiger charge is 2.34. The predicted octanol–water partition coefficient (Wildman–Crippen LogP) is 1.84. The molecule has 0 N–H and O–H groups in total. The average Bonchev–Trinajstić information content (AvgIpc) is 2.44. The molecule has 0 atom stereocenters. The van der Waals surface area contributed by atoms with E-state index in [1.165, 1.54) is 6.20 Å². The van der Waals surface area contributed by atoms with E-state index in [0.717, 1.165) is 0 Å². The number of hydrogen-bond donors (Lipinski definition) is 0. The van der Waals surface area contributed by atoms with E-state index in [2.05, 4.69) is 0 Å². The minimum atomic E-state index is -3.66. The summed E-state index contributed by atoms with van der Waals surface area (Å²) in [6.45, 7) is 7.91. The smallest absolute Gasteiger partial charge is 0.309 e. The quantitative estimate of drug-likeness (QED) is 0.578. The van der Waals surface area contributed by atoms with Gasteiger partial charge in [-0.1, -0.05) is 0 Å². The fraction of sp³-hybridized carbons (Fsp3) is 0.733. The van der Waals surface area contributed by atoms with Crippen molar-refractivity contribution >= 4 is 15.8 Å². The summed E-state index contributed by atoms with van der Waals surface area (Å²) in [6.07, 6.45) is 2.61. The number of hydrogen-bond acceptors (Lipinski definition) is 6. The van der Waals surface area contributed by atoms with Gasteiger partial charge in [0.15, 0.2) is 14.7 Å². The first-order valence-corrected chi connectivity index (χ1v) is 8.89. The fourth-order valence-corrected chi connectivity index (χ4v) is 3.25. The van der Waals surface area contributed by atoms with Crippen LogP contribution < -0.4 is 0 Å². The zero-order valence-corrected chi connectivity index (χ0v) is 14.4. The highest BCUT2D eigenvalue weighted by molar-refractivity contribution is 7.96. The molecule has 22 heavy (non-hydrogen) atoms. The van der Waals surface area contributed by atoms with Gasteiger partial charge in [-0.3, -0.25) is 4.79 Å². The third-order valence-corrected chi connectivity index (χ3v) is 6.04. The Labute approximate surface area is 132 Å². The van der Waals surface area contributed by atoms with Crippen molar-refractivity contribution in [2.24, 2.45) is 5.92 Å². The van der Waals surface area contributed by atoms with Gasteiger partial charge < -0.3 is 9.64 Å². The Morgan fingerprint density at radius 2 is 1.91 bits per heavy atom. The van der Waals surface area contributed by atoms with Crippen LogP contribution in [0.1, 0.15) is 40.5 Å². The highest BCUT2D eigenvalue weighted by Crippen LogP contribution is 2.25. The van der Waals surface area contributed by atoms with Gasteiger partial charge in [0.05, 0.1) is 17.3 Å². The van der Waals surface area contributed by atoms with Crippen molar-refractivity contribution in [3.63, 3.8) is 0 Å². The summed E-state index contributed by atoms with van der Waals surface area (Å²) in [5, 5.41) is 9.17. The zero-order valence-electron chi connectivity index (χ0n) is 13.6. The molecule has 0 aliphatic carbocycles. The standard InChI is InChI=1S/C15H24N2O4S/c1-5-21-14(18)12-6-8-17(9-7-12)11-13(10-16)22(19,20)15(2,3)4/h11-12H,5-9H2,1-4H3. The van der Waals surface area contributed by atoms with Crippen LogP contribution in [0.3, 0.4) is 0 Å². The second kappa shape index (κ2) is 7.14. The number of esters is 1. The summed E-state index contributed by atoms with van der Waals surface area (Å²) < 4.78 is 28.6. The summed E-state index contributed by atoms with van der Waals surface area (Å²) in [5.41, 5.74) is 0. The Morgan fingerprint density at radius 1 is 1.36 bits per heavy atom. The molecule has 0 aromatic carbocycles. The van der Waals surface area contributed by atoms with E-state index in [9.17, 15) is 13.2 Å². The number of allylic oxidation sites excluding steroid dienone is 1. The average molecular weight is 328 g/mol. The zero-order chi connectivity index (χ0) is 17.0. The van der Waals surface area contributed by atoms with Crippen LogP contribution in [0.2, 0.25) is 0 Å². The van der Waals surface area contributed by atoms with Crippen LogP contribution in [0.25, 0.3) is 0 Å². The molecular formula is C15H24N2O4S. The van der Waals surface area contributed by atoms with Gasteiger partial charge in [0.2, 0.25) is 0 Å². The van der Waals surface area contributed by atoms with Gasteiger partial charge in [-0.15, -0.1) is 0 Å². The maximum absolute atomic E-state index is 12.3. The first-order valence-electron chi connectivity index (χ1n) is 7.40.